The zero-order valence-corrected chi connectivity index (χ0v) is 18.5. The van der Waals surface area contributed by atoms with Gasteiger partial charge >= 0.3 is 0 Å². The summed E-state index contributed by atoms with van der Waals surface area (Å²) in [5.41, 5.74) is 4.02. The van der Waals surface area contributed by atoms with E-state index in [-0.39, 0.29) is 11.7 Å². The molecule has 0 atom stereocenters. The third kappa shape index (κ3) is 4.71. The van der Waals surface area contributed by atoms with Crippen LogP contribution >= 0.6 is 11.8 Å². The maximum Gasteiger partial charge on any atom is 0.234 e. The second-order valence-corrected chi connectivity index (χ2v) is 7.54. The summed E-state index contributed by atoms with van der Waals surface area (Å²) in [6.45, 7) is 4.16. The van der Waals surface area contributed by atoms with E-state index in [1.807, 2.05) is 16.8 Å². The molecular formula is C22H25N3O4S. The number of nitrogens with one attached hydrogen (secondary N) is 1. The Hall–Kier alpha value is -3.13. The smallest absolute Gasteiger partial charge is 0.234 e. The quantitative estimate of drug-likeness (QED) is 0.542. The zero-order valence-electron chi connectivity index (χ0n) is 17.7. The Morgan fingerprint density at radius 2 is 1.73 bits per heavy atom. The number of rotatable bonds is 8. The lowest BCUT2D eigenvalue weighted by molar-refractivity contribution is -0.113. The molecule has 7 nitrogen and oxygen atoms in total. The van der Waals surface area contributed by atoms with Crippen LogP contribution in [0.4, 0.5) is 5.69 Å². The summed E-state index contributed by atoms with van der Waals surface area (Å²) in [6.07, 6.45) is 3.62. The number of aryl methyl sites for hydroxylation is 2. The predicted molar refractivity (Wildman–Crippen MR) is 118 cm³/mol. The molecule has 0 aliphatic rings. The van der Waals surface area contributed by atoms with Crippen molar-refractivity contribution in [2.75, 3.05) is 32.4 Å². The van der Waals surface area contributed by atoms with Gasteiger partial charge in [-0.25, -0.2) is 4.98 Å². The molecule has 1 amide bonds. The van der Waals surface area contributed by atoms with Crippen molar-refractivity contribution in [1.29, 1.82) is 0 Å². The molecule has 0 spiro atoms. The average molecular weight is 428 g/mol. The van der Waals surface area contributed by atoms with Gasteiger partial charge in [0.25, 0.3) is 0 Å². The monoisotopic (exact) mass is 427 g/mol. The average Bonchev–Trinajstić information content (AvgIpc) is 3.22. The third-order valence-corrected chi connectivity index (χ3v) is 5.62. The molecule has 0 aliphatic heterocycles. The Labute approximate surface area is 180 Å². The van der Waals surface area contributed by atoms with E-state index < -0.39 is 0 Å². The van der Waals surface area contributed by atoms with Crippen molar-refractivity contribution < 1.29 is 19.0 Å². The predicted octanol–water partition coefficient (Wildman–Crippen LogP) is 4.25. The maximum atomic E-state index is 12.5. The summed E-state index contributed by atoms with van der Waals surface area (Å²) in [5, 5.41) is 3.62. The first-order valence-electron chi connectivity index (χ1n) is 9.30. The minimum atomic E-state index is -0.163. The van der Waals surface area contributed by atoms with E-state index in [1.165, 1.54) is 44.2 Å². The van der Waals surface area contributed by atoms with Crippen LogP contribution in [0.2, 0.25) is 0 Å². The lowest BCUT2D eigenvalue weighted by Gasteiger charge is -2.14. The minimum Gasteiger partial charge on any atom is -0.493 e. The molecule has 0 radical (unpaired) electrons. The molecule has 158 valence electrons. The van der Waals surface area contributed by atoms with Crippen LogP contribution in [0.25, 0.3) is 5.69 Å². The van der Waals surface area contributed by atoms with E-state index in [1.54, 1.807) is 18.3 Å². The highest BCUT2D eigenvalue weighted by atomic mass is 32.2. The van der Waals surface area contributed by atoms with Crippen LogP contribution in [-0.2, 0) is 4.79 Å². The summed E-state index contributed by atoms with van der Waals surface area (Å²) in [6, 6.07) is 9.62. The fraction of sp³-hybridized carbons (Fsp3) is 0.273. The number of carbonyl (C=O) groups is 1. The lowest BCUT2D eigenvalue weighted by Crippen LogP contribution is -2.15. The van der Waals surface area contributed by atoms with Crippen molar-refractivity contribution >= 4 is 23.4 Å². The fourth-order valence-corrected chi connectivity index (χ4v) is 3.72. The molecule has 0 bridgehead atoms. The summed E-state index contributed by atoms with van der Waals surface area (Å²) in [4.78, 5) is 16.9. The summed E-state index contributed by atoms with van der Waals surface area (Å²) < 4.78 is 17.9. The molecule has 8 heteroatoms. The van der Waals surface area contributed by atoms with E-state index in [0.29, 0.717) is 22.9 Å². The summed E-state index contributed by atoms with van der Waals surface area (Å²) in [7, 11) is 4.60. The number of thioether (sulfide) groups is 1. The Kier molecular flexibility index (Phi) is 6.89. The van der Waals surface area contributed by atoms with Crippen LogP contribution in [0, 0.1) is 13.8 Å². The van der Waals surface area contributed by atoms with E-state index >= 15 is 0 Å². The Bertz CT molecular complexity index is 1020. The van der Waals surface area contributed by atoms with Gasteiger partial charge in [-0.2, -0.15) is 0 Å². The molecular weight excluding hydrogens is 402 g/mol. The van der Waals surface area contributed by atoms with Crippen molar-refractivity contribution in [3.8, 4) is 22.9 Å². The van der Waals surface area contributed by atoms with Crippen molar-refractivity contribution in [1.82, 2.24) is 9.55 Å². The van der Waals surface area contributed by atoms with Gasteiger partial charge in [0.05, 0.1) is 27.1 Å². The number of methoxy groups -OCH3 is 3. The topological polar surface area (TPSA) is 74.6 Å². The van der Waals surface area contributed by atoms with Gasteiger partial charge in [-0.3, -0.25) is 9.36 Å². The molecule has 1 heterocycles. The maximum absolute atomic E-state index is 12.5. The molecule has 0 saturated heterocycles. The van der Waals surface area contributed by atoms with Crippen LogP contribution in [0.3, 0.4) is 0 Å². The zero-order chi connectivity index (χ0) is 21.7. The number of nitrogens with zero attached hydrogens (tertiary/aromatic N) is 2. The first-order valence-corrected chi connectivity index (χ1v) is 10.3. The van der Waals surface area contributed by atoms with Gasteiger partial charge in [0.15, 0.2) is 16.7 Å². The number of benzene rings is 2. The highest BCUT2D eigenvalue weighted by Gasteiger charge is 2.15. The first kappa shape index (κ1) is 21.6. The third-order valence-electron chi connectivity index (χ3n) is 4.66. The Morgan fingerprint density at radius 3 is 2.33 bits per heavy atom. The number of amides is 1. The van der Waals surface area contributed by atoms with E-state index in [0.717, 1.165) is 10.8 Å². The van der Waals surface area contributed by atoms with Crippen molar-refractivity contribution in [2.45, 2.75) is 19.0 Å². The van der Waals surface area contributed by atoms with Gasteiger partial charge in [0.1, 0.15) is 0 Å². The van der Waals surface area contributed by atoms with Gasteiger partial charge < -0.3 is 19.5 Å². The molecule has 0 saturated carbocycles. The highest BCUT2D eigenvalue weighted by Crippen LogP contribution is 2.40. The fourth-order valence-electron chi connectivity index (χ4n) is 2.95. The molecule has 0 fully saturated rings. The van der Waals surface area contributed by atoms with Gasteiger partial charge in [0.2, 0.25) is 11.7 Å². The minimum absolute atomic E-state index is 0.163. The number of carbonyl (C=O) groups excluding carboxylic acids is 1. The molecule has 0 unspecified atom stereocenters. The number of imidazole rings is 1. The normalized spacial score (nSPS) is 10.6. The Morgan fingerprint density at radius 1 is 1.03 bits per heavy atom. The Balaban J connectivity index is 1.70. The van der Waals surface area contributed by atoms with Crippen molar-refractivity contribution in [3.05, 3.63) is 53.9 Å². The van der Waals surface area contributed by atoms with Gasteiger partial charge in [-0.15, -0.1) is 0 Å². The van der Waals surface area contributed by atoms with E-state index in [4.69, 9.17) is 14.2 Å². The SMILES string of the molecule is COc1cc(NC(=O)CSc2nccn2-c2ccc(C)c(C)c2)cc(OC)c1OC. The number of hydrogen-bond acceptors (Lipinski definition) is 6. The summed E-state index contributed by atoms with van der Waals surface area (Å²) in [5.74, 6) is 1.47. The molecule has 3 rings (SSSR count). The van der Waals surface area contributed by atoms with E-state index in [2.05, 4.69) is 36.3 Å². The van der Waals surface area contributed by atoms with Crippen LogP contribution in [0.15, 0.2) is 47.9 Å². The number of anilines is 1. The van der Waals surface area contributed by atoms with Gasteiger partial charge in [-0.1, -0.05) is 17.8 Å². The molecule has 1 aromatic heterocycles. The van der Waals surface area contributed by atoms with Crippen LogP contribution < -0.4 is 19.5 Å². The summed E-state index contributed by atoms with van der Waals surface area (Å²) >= 11 is 1.37. The molecule has 0 aliphatic carbocycles. The van der Waals surface area contributed by atoms with Gasteiger partial charge in [-0.05, 0) is 37.1 Å². The van der Waals surface area contributed by atoms with Gasteiger partial charge in [0, 0.05) is 35.9 Å². The van der Waals surface area contributed by atoms with Crippen LogP contribution in [0.5, 0.6) is 17.2 Å². The molecule has 1 N–H and O–H groups in total. The van der Waals surface area contributed by atoms with E-state index in [9.17, 15) is 4.79 Å². The molecule has 3 aromatic rings. The van der Waals surface area contributed by atoms with Crippen LogP contribution in [0.1, 0.15) is 11.1 Å². The standard InChI is InChI=1S/C22H25N3O4S/c1-14-6-7-17(10-15(14)2)25-9-8-23-22(25)30-13-20(26)24-16-11-18(27-3)21(29-5)19(12-16)28-4/h6-12H,13H2,1-5H3,(H,24,26). The lowest BCUT2D eigenvalue weighted by atomic mass is 10.1. The molecule has 30 heavy (non-hydrogen) atoms. The molecule has 2 aromatic carbocycles. The first-order chi connectivity index (χ1) is 14.5. The highest BCUT2D eigenvalue weighted by molar-refractivity contribution is 7.99. The second kappa shape index (κ2) is 9.58. The second-order valence-electron chi connectivity index (χ2n) is 6.60. The number of aromatic nitrogens is 2. The van der Waals surface area contributed by atoms with Crippen molar-refractivity contribution in [3.63, 3.8) is 0 Å². The van der Waals surface area contributed by atoms with Crippen molar-refractivity contribution in [2.24, 2.45) is 0 Å². The largest absolute Gasteiger partial charge is 0.493 e. The number of hydrogen-bond donors (Lipinski definition) is 1. The van der Waals surface area contributed by atoms with Crippen LogP contribution in [-0.4, -0.2) is 42.5 Å². The number of ether oxygens (including phenoxy) is 3.